The zero-order valence-corrected chi connectivity index (χ0v) is 12.8. The zero-order valence-electron chi connectivity index (χ0n) is 11.2. The van der Waals surface area contributed by atoms with Crippen LogP contribution in [0.4, 0.5) is 0 Å². The molecule has 0 spiro atoms. The number of halogens is 1. The Morgan fingerprint density at radius 3 is 3.00 bits per heavy atom. The summed E-state index contributed by atoms with van der Waals surface area (Å²) in [6.45, 7) is 3.39. The van der Waals surface area contributed by atoms with Crippen LogP contribution in [-0.4, -0.2) is 35.6 Å². The molecule has 0 radical (unpaired) electrons. The smallest absolute Gasteiger partial charge is 0.289 e. The minimum atomic E-state index is -0.0901. The number of carbonyl (C=O) groups excluding carboxylic acids is 1. The average molecular weight is 338 g/mol. The van der Waals surface area contributed by atoms with E-state index >= 15 is 0 Å². The van der Waals surface area contributed by atoms with Crippen LogP contribution in [0.15, 0.2) is 27.1 Å². The van der Waals surface area contributed by atoms with Gasteiger partial charge in [-0.3, -0.25) is 4.79 Å². The Morgan fingerprint density at radius 2 is 2.30 bits per heavy atom. The van der Waals surface area contributed by atoms with Gasteiger partial charge in [0.05, 0.1) is 0 Å². The molecule has 106 valence electrons. The molecule has 3 rings (SSSR count). The van der Waals surface area contributed by atoms with Gasteiger partial charge in [0.2, 0.25) is 0 Å². The summed E-state index contributed by atoms with van der Waals surface area (Å²) in [4.78, 5) is 14.2. The summed E-state index contributed by atoms with van der Waals surface area (Å²) in [5, 5.41) is 10.1. The third-order valence-corrected chi connectivity index (χ3v) is 4.27. The molecular weight excluding hydrogens is 322 g/mol. The fourth-order valence-electron chi connectivity index (χ4n) is 2.71. The number of benzene rings is 1. The molecule has 4 nitrogen and oxygen atoms in total. The van der Waals surface area contributed by atoms with E-state index in [1.807, 2.05) is 19.1 Å². The molecule has 0 aliphatic carbocycles. The van der Waals surface area contributed by atoms with Crippen LogP contribution in [0, 0.1) is 12.8 Å². The largest absolute Gasteiger partial charge is 0.451 e. The van der Waals surface area contributed by atoms with E-state index in [0.717, 1.165) is 27.4 Å². The number of amides is 1. The van der Waals surface area contributed by atoms with E-state index in [2.05, 4.69) is 15.9 Å². The lowest BCUT2D eigenvalue weighted by molar-refractivity contribution is 0.0752. The van der Waals surface area contributed by atoms with Crippen molar-refractivity contribution in [3.05, 3.63) is 34.0 Å². The van der Waals surface area contributed by atoms with Crippen molar-refractivity contribution in [2.24, 2.45) is 5.92 Å². The Morgan fingerprint density at radius 1 is 1.50 bits per heavy atom. The first-order valence-corrected chi connectivity index (χ1v) is 7.47. The van der Waals surface area contributed by atoms with Gasteiger partial charge in [0.15, 0.2) is 5.76 Å². The van der Waals surface area contributed by atoms with Crippen LogP contribution in [0.25, 0.3) is 11.0 Å². The molecule has 1 fully saturated rings. The first-order chi connectivity index (χ1) is 9.58. The van der Waals surface area contributed by atoms with Gasteiger partial charge in [0.25, 0.3) is 5.91 Å². The maximum absolute atomic E-state index is 12.4. The third-order valence-electron chi connectivity index (χ3n) is 3.81. The molecule has 1 aromatic heterocycles. The van der Waals surface area contributed by atoms with E-state index in [-0.39, 0.29) is 18.4 Å². The molecule has 1 aromatic carbocycles. The fraction of sp³-hybridized carbons (Fsp3) is 0.400. The van der Waals surface area contributed by atoms with Crippen LogP contribution >= 0.6 is 15.9 Å². The van der Waals surface area contributed by atoms with Gasteiger partial charge in [0.1, 0.15) is 5.58 Å². The second kappa shape index (κ2) is 5.22. The summed E-state index contributed by atoms with van der Waals surface area (Å²) in [7, 11) is 0. The number of rotatable bonds is 2. The molecule has 1 unspecified atom stereocenters. The standard InChI is InChI=1S/C15H16BrNO3/c1-9-4-12(16)5-11-6-13(20-14(9)11)15(19)17-3-2-10(7-17)8-18/h4-6,10,18H,2-3,7-8H2,1H3. The molecule has 1 aliphatic heterocycles. The van der Waals surface area contributed by atoms with Crippen molar-refractivity contribution < 1.29 is 14.3 Å². The number of hydrogen-bond acceptors (Lipinski definition) is 3. The second-order valence-corrected chi connectivity index (χ2v) is 6.26. The first-order valence-electron chi connectivity index (χ1n) is 6.68. The first kappa shape index (κ1) is 13.6. The number of aliphatic hydroxyl groups is 1. The van der Waals surface area contributed by atoms with E-state index in [9.17, 15) is 4.79 Å². The van der Waals surface area contributed by atoms with Gasteiger partial charge in [-0.15, -0.1) is 0 Å². The summed E-state index contributed by atoms with van der Waals surface area (Å²) in [5.74, 6) is 0.478. The minimum Gasteiger partial charge on any atom is -0.451 e. The Balaban J connectivity index is 1.91. The zero-order chi connectivity index (χ0) is 14.3. The molecule has 1 atom stereocenters. The molecule has 5 heteroatoms. The maximum atomic E-state index is 12.4. The van der Waals surface area contributed by atoms with Crippen molar-refractivity contribution in [3.63, 3.8) is 0 Å². The number of hydrogen-bond donors (Lipinski definition) is 1. The number of nitrogens with zero attached hydrogens (tertiary/aromatic N) is 1. The van der Waals surface area contributed by atoms with Crippen molar-refractivity contribution in [1.29, 1.82) is 0 Å². The van der Waals surface area contributed by atoms with E-state index in [4.69, 9.17) is 9.52 Å². The lowest BCUT2D eigenvalue weighted by atomic mass is 10.1. The van der Waals surface area contributed by atoms with Gasteiger partial charge in [-0.25, -0.2) is 0 Å². The van der Waals surface area contributed by atoms with E-state index in [0.29, 0.717) is 18.8 Å². The van der Waals surface area contributed by atoms with Crippen molar-refractivity contribution in [3.8, 4) is 0 Å². The number of aliphatic hydroxyl groups excluding tert-OH is 1. The summed E-state index contributed by atoms with van der Waals surface area (Å²) >= 11 is 3.45. The Kier molecular flexibility index (Phi) is 3.56. The summed E-state index contributed by atoms with van der Waals surface area (Å²) in [5.41, 5.74) is 1.76. The van der Waals surface area contributed by atoms with Gasteiger partial charge >= 0.3 is 0 Å². The van der Waals surface area contributed by atoms with Crippen molar-refractivity contribution in [2.75, 3.05) is 19.7 Å². The van der Waals surface area contributed by atoms with Crippen LogP contribution in [0.1, 0.15) is 22.5 Å². The molecule has 20 heavy (non-hydrogen) atoms. The van der Waals surface area contributed by atoms with Crippen LogP contribution in [0.2, 0.25) is 0 Å². The average Bonchev–Trinajstić information content (AvgIpc) is 3.03. The molecular formula is C15H16BrNO3. The van der Waals surface area contributed by atoms with Crippen molar-refractivity contribution >= 4 is 32.8 Å². The highest BCUT2D eigenvalue weighted by molar-refractivity contribution is 9.10. The molecule has 1 saturated heterocycles. The molecule has 1 aliphatic rings. The van der Waals surface area contributed by atoms with Gasteiger partial charge in [0, 0.05) is 35.5 Å². The van der Waals surface area contributed by atoms with E-state index in [1.165, 1.54) is 0 Å². The van der Waals surface area contributed by atoms with Crippen molar-refractivity contribution in [2.45, 2.75) is 13.3 Å². The molecule has 2 aromatic rings. The fourth-order valence-corrected chi connectivity index (χ4v) is 3.30. The third kappa shape index (κ3) is 2.36. The predicted molar refractivity (Wildman–Crippen MR) is 79.7 cm³/mol. The second-order valence-electron chi connectivity index (χ2n) is 5.34. The highest BCUT2D eigenvalue weighted by atomic mass is 79.9. The van der Waals surface area contributed by atoms with Crippen LogP contribution in [0.5, 0.6) is 0 Å². The van der Waals surface area contributed by atoms with Crippen LogP contribution in [0.3, 0.4) is 0 Å². The summed E-state index contributed by atoms with van der Waals surface area (Å²) in [6.07, 6.45) is 0.854. The van der Waals surface area contributed by atoms with Crippen LogP contribution in [-0.2, 0) is 0 Å². The summed E-state index contributed by atoms with van der Waals surface area (Å²) in [6, 6.07) is 5.71. The highest BCUT2D eigenvalue weighted by Crippen LogP contribution is 2.28. The normalized spacial score (nSPS) is 18.9. The number of likely N-dealkylation sites (tertiary alicyclic amines) is 1. The lowest BCUT2D eigenvalue weighted by Gasteiger charge is -2.13. The number of aryl methyl sites for hydroxylation is 1. The number of carbonyl (C=O) groups is 1. The maximum Gasteiger partial charge on any atom is 0.289 e. The molecule has 0 bridgehead atoms. The number of fused-ring (bicyclic) bond motifs is 1. The molecule has 0 saturated carbocycles. The topological polar surface area (TPSA) is 53.7 Å². The lowest BCUT2D eigenvalue weighted by Crippen LogP contribution is -2.28. The Bertz CT molecular complexity index is 664. The Labute approximate surface area is 125 Å². The summed E-state index contributed by atoms with van der Waals surface area (Å²) < 4.78 is 6.70. The van der Waals surface area contributed by atoms with Gasteiger partial charge < -0.3 is 14.4 Å². The van der Waals surface area contributed by atoms with Gasteiger partial charge in [-0.1, -0.05) is 15.9 Å². The molecule has 1 amide bonds. The quantitative estimate of drug-likeness (QED) is 0.916. The molecule has 1 N–H and O–H groups in total. The highest BCUT2D eigenvalue weighted by Gasteiger charge is 2.28. The van der Waals surface area contributed by atoms with E-state index < -0.39 is 0 Å². The Hall–Kier alpha value is -1.33. The minimum absolute atomic E-state index is 0.0901. The predicted octanol–water partition coefficient (Wildman–Crippen LogP) is 2.96. The van der Waals surface area contributed by atoms with Gasteiger partial charge in [-0.05, 0) is 37.1 Å². The van der Waals surface area contributed by atoms with E-state index in [1.54, 1.807) is 11.0 Å². The van der Waals surface area contributed by atoms with Crippen molar-refractivity contribution in [1.82, 2.24) is 4.90 Å². The van der Waals surface area contributed by atoms with Gasteiger partial charge in [-0.2, -0.15) is 0 Å². The number of furan rings is 1. The monoisotopic (exact) mass is 337 g/mol. The SMILES string of the molecule is Cc1cc(Br)cc2cc(C(=O)N3CCC(CO)C3)oc12. The molecule has 2 heterocycles. The van der Waals surface area contributed by atoms with Crippen LogP contribution < -0.4 is 0 Å².